The van der Waals surface area contributed by atoms with E-state index < -0.39 is 0 Å². The second-order valence-corrected chi connectivity index (χ2v) is 7.53. The fourth-order valence-electron chi connectivity index (χ4n) is 1.81. The van der Waals surface area contributed by atoms with Gasteiger partial charge >= 0.3 is 0 Å². The van der Waals surface area contributed by atoms with Gasteiger partial charge in [-0.1, -0.05) is 32.2 Å². The number of aryl methyl sites for hydroxylation is 1. The molecule has 2 aromatic heterocycles. The Balaban J connectivity index is 2.19. The van der Waals surface area contributed by atoms with Crippen LogP contribution in [0.4, 0.5) is 0 Å². The number of aromatic nitrogens is 2. The van der Waals surface area contributed by atoms with Crippen LogP contribution in [0.25, 0.3) is 0 Å². The second-order valence-electron chi connectivity index (χ2n) is 5.52. The van der Waals surface area contributed by atoms with Crippen LogP contribution in [0.15, 0.2) is 12.1 Å². The first-order valence-electron chi connectivity index (χ1n) is 6.35. The highest BCUT2D eigenvalue weighted by molar-refractivity contribution is 7.12. The summed E-state index contributed by atoms with van der Waals surface area (Å²) in [5, 5.41) is 4.12. The monoisotopic (exact) mass is 294 g/mol. The molecule has 0 aliphatic heterocycles. The first-order chi connectivity index (χ1) is 8.91. The zero-order chi connectivity index (χ0) is 14.0. The van der Waals surface area contributed by atoms with Gasteiger partial charge in [0.2, 0.25) is 0 Å². The third-order valence-electron chi connectivity index (χ3n) is 2.85. The summed E-state index contributed by atoms with van der Waals surface area (Å²) < 4.78 is 3.95. The van der Waals surface area contributed by atoms with Gasteiger partial charge in [0, 0.05) is 21.6 Å². The van der Waals surface area contributed by atoms with E-state index in [4.69, 9.17) is 0 Å². The molecule has 2 aromatic rings. The maximum absolute atomic E-state index is 12.4. The van der Waals surface area contributed by atoms with Crippen molar-refractivity contribution in [2.75, 3.05) is 0 Å². The maximum atomic E-state index is 12.4. The average molecular weight is 294 g/mol. The summed E-state index contributed by atoms with van der Waals surface area (Å²) in [6.45, 7) is 8.30. The van der Waals surface area contributed by atoms with E-state index in [1.165, 1.54) is 16.4 Å². The second kappa shape index (κ2) is 5.51. The standard InChI is InChI=1S/C14H18N2OS2/c1-5-9-6-7-10(18-9)8-11(17)12-13(14(2,3)4)15-16-19-12/h6-7H,5,8H2,1-4H3. The first-order valence-corrected chi connectivity index (χ1v) is 7.94. The fraction of sp³-hybridized carbons (Fsp3) is 0.500. The van der Waals surface area contributed by atoms with E-state index in [2.05, 4.69) is 43.3 Å². The molecule has 5 heteroatoms. The number of nitrogens with zero attached hydrogens (tertiary/aromatic N) is 2. The van der Waals surface area contributed by atoms with Gasteiger partial charge in [-0.25, -0.2) is 0 Å². The topological polar surface area (TPSA) is 42.9 Å². The molecule has 0 amide bonds. The fourth-order valence-corrected chi connectivity index (χ4v) is 3.58. The van der Waals surface area contributed by atoms with Crippen molar-refractivity contribution in [3.05, 3.63) is 32.5 Å². The molecule has 2 rings (SSSR count). The largest absolute Gasteiger partial charge is 0.293 e. The number of Topliss-reactive ketones (excluding diaryl/α,β-unsaturated/α-hetero) is 1. The van der Waals surface area contributed by atoms with Crippen molar-refractivity contribution in [2.45, 2.75) is 46.0 Å². The van der Waals surface area contributed by atoms with Gasteiger partial charge in [-0.2, -0.15) is 0 Å². The van der Waals surface area contributed by atoms with Crippen LogP contribution in [0, 0.1) is 0 Å². The quantitative estimate of drug-likeness (QED) is 0.804. The van der Waals surface area contributed by atoms with E-state index >= 15 is 0 Å². The Bertz CT molecular complexity index is 578. The van der Waals surface area contributed by atoms with Crippen LogP contribution in [0.2, 0.25) is 0 Å². The van der Waals surface area contributed by atoms with E-state index in [9.17, 15) is 4.79 Å². The van der Waals surface area contributed by atoms with E-state index in [0.717, 1.165) is 17.0 Å². The molecule has 0 unspecified atom stereocenters. The molecule has 0 aliphatic rings. The number of ketones is 1. The van der Waals surface area contributed by atoms with Crippen LogP contribution < -0.4 is 0 Å². The summed E-state index contributed by atoms with van der Waals surface area (Å²) in [7, 11) is 0. The summed E-state index contributed by atoms with van der Waals surface area (Å²) in [5.41, 5.74) is 0.678. The van der Waals surface area contributed by atoms with Crippen LogP contribution >= 0.6 is 22.9 Å². The molecule has 3 nitrogen and oxygen atoms in total. The minimum Gasteiger partial charge on any atom is -0.293 e. The predicted octanol–water partition coefficient (Wildman–Crippen LogP) is 3.88. The summed E-state index contributed by atoms with van der Waals surface area (Å²) in [4.78, 5) is 15.5. The van der Waals surface area contributed by atoms with E-state index in [1.54, 1.807) is 11.3 Å². The molecular formula is C14H18N2OS2. The molecule has 0 saturated carbocycles. The molecule has 0 fully saturated rings. The molecule has 19 heavy (non-hydrogen) atoms. The number of hydrogen-bond donors (Lipinski definition) is 0. The van der Waals surface area contributed by atoms with Crippen LogP contribution in [-0.4, -0.2) is 15.4 Å². The molecule has 0 radical (unpaired) electrons. The van der Waals surface area contributed by atoms with Gasteiger partial charge in [-0.15, -0.1) is 16.4 Å². The molecule has 0 aliphatic carbocycles. The van der Waals surface area contributed by atoms with Crippen molar-refractivity contribution in [3.63, 3.8) is 0 Å². The minimum absolute atomic E-state index is 0.129. The van der Waals surface area contributed by atoms with E-state index in [0.29, 0.717) is 11.3 Å². The van der Waals surface area contributed by atoms with Crippen molar-refractivity contribution < 1.29 is 4.79 Å². The highest BCUT2D eigenvalue weighted by Gasteiger charge is 2.26. The van der Waals surface area contributed by atoms with Crippen molar-refractivity contribution >= 4 is 28.7 Å². The van der Waals surface area contributed by atoms with Gasteiger partial charge in [-0.3, -0.25) is 4.79 Å². The van der Waals surface area contributed by atoms with E-state index in [-0.39, 0.29) is 11.2 Å². The molecule has 0 spiro atoms. The maximum Gasteiger partial charge on any atom is 0.181 e. The minimum atomic E-state index is -0.137. The van der Waals surface area contributed by atoms with Gasteiger partial charge in [0.1, 0.15) is 4.88 Å². The smallest absolute Gasteiger partial charge is 0.181 e. The van der Waals surface area contributed by atoms with Crippen LogP contribution in [0.3, 0.4) is 0 Å². The number of rotatable bonds is 4. The SMILES string of the molecule is CCc1ccc(CC(=O)c2snnc2C(C)(C)C)s1. The van der Waals surface area contributed by atoms with Crippen molar-refractivity contribution in [1.29, 1.82) is 0 Å². The highest BCUT2D eigenvalue weighted by atomic mass is 32.1. The van der Waals surface area contributed by atoms with Crippen LogP contribution in [0.1, 0.15) is 52.8 Å². The first kappa shape index (κ1) is 14.3. The number of thiophene rings is 1. The summed E-state index contributed by atoms with van der Waals surface area (Å²) in [5.74, 6) is 0.129. The van der Waals surface area contributed by atoms with Crippen molar-refractivity contribution in [1.82, 2.24) is 9.59 Å². The third kappa shape index (κ3) is 3.28. The Hall–Kier alpha value is -1.07. The lowest BCUT2D eigenvalue weighted by molar-refractivity contribution is 0.0995. The molecule has 0 N–H and O–H groups in total. The normalized spacial score (nSPS) is 11.8. The Kier molecular flexibility index (Phi) is 4.16. The molecule has 102 valence electrons. The average Bonchev–Trinajstić information content (AvgIpc) is 2.95. The Morgan fingerprint density at radius 1 is 1.26 bits per heavy atom. The van der Waals surface area contributed by atoms with Gasteiger partial charge in [0.15, 0.2) is 5.78 Å². The lowest BCUT2D eigenvalue weighted by Gasteiger charge is -2.15. The number of hydrogen-bond acceptors (Lipinski definition) is 5. The van der Waals surface area contributed by atoms with Gasteiger partial charge in [0.05, 0.1) is 5.69 Å². The summed E-state index contributed by atoms with van der Waals surface area (Å²) >= 11 is 2.93. The zero-order valence-electron chi connectivity index (χ0n) is 11.7. The van der Waals surface area contributed by atoms with Crippen molar-refractivity contribution in [2.24, 2.45) is 0 Å². The number of carbonyl (C=O) groups is 1. The van der Waals surface area contributed by atoms with Crippen molar-refractivity contribution in [3.8, 4) is 0 Å². The molecule has 0 atom stereocenters. The molecule has 0 saturated heterocycles. The summed E-state index contributed by atoms with van der Waals surface area (Å²) in [6.07, 6.45) is 1.48. The third-order valence-corrected chi connectivity index (χ3v) is 4.85. The predicted molar refractivity (Wildman–Crippen MR) is 80.3 cm³/mol. The molecule has 2 heterocycles. The highest BCUT2D eigenvalue weighted by Crippen LogP contribution is 2.27. The lowest BCUT2D eigenvalue weighted by Crippen LogP contribution is -2.17. The van der Waals surface area contributed by atoms with Gasteiger partial charge in [-0.05, 0) is 30.1 Å². The Morgan fingerprint density at radius 2 is 1.95 bits per heavy atom. The lowest BCUT2D eigenvalue weighted by atomic mass is 9.90. The van der Waals surface area contributed by atoms with Crippen LogP contribution in [-0.2, 0) is 18.3 Å². The van der Waals surface area contributed by atoms with E-state index in [1.807, 2.05) is 6.07 Å². The summed E-state index contributed by atoms with van der Waals surface area (Å²) in [6, 6.07) is 4.15. The molecule has 0 aromatic carbocycles. The zero-order valence-corrected chi connectivity index (χ0v) is 13.3. The Morgan fingerprint density at radius 3 is 2.53 bits per heavy atom. The van der Waals surface area contributed by atoms with Gasteiger partial charge < -0.3 is 0 Å². The molecular weight excluding hydrogens is 276 g/mol. The molecule has 0 bridgehead atoms. The Labute approximate surface area is 121 Å². The number of carbonyl (C=O) groups excluding carboxylic acids is 1. The van der Waals surface area contributed by atoms with Gasteiger partial charge in [0.25, 0.3) is 0 Å². The van der Waals surface area contributed by atoms with Crippen LogP contribution in [0.5, 0.6) is 0 Å².